The zero-order chi connectivity index (χ0) is 17.8. The Kier molecular flexibility index (Phi) is 5.53. The van der Waals surface area contributed by atoms with Crippen molar-refractivity contribution in [1.29, 1.82) is 0 Å². The molecule has 1 aromatic carbocycles. The second-order valence-electron chi connectivity index (χ2n) is 6.15. The van der Waals surface area contributed by atoms with Crippen LogP contribution in [0.3, 0.4) is 0 Å². The van der Waals surface area contributed by atoms with Crippen molar-refractivity contribution in [1.82, 2.24) is 10.5 Å². The van der Waals surface area contributed by atoms with Crippen LogP contribution in [0, 0.1) is 0 Å². The number of aromatic nitrogens is 1. The summed E-state index contributed by atoms with van der Waals surface area (Å²) >= 11 is 3.39. The van der Waals surface area contributed by atoms with Crippen molar-refractivity contribution in [3.05, 3.63) is 45.8 Å². The maximum absolute atomic E-state index is 12.2. The monoisotopic (exact) mass is 405 g/mol. The van der Waals surface area contributed by atoms with Crippen LogP contribution in [0.2, 0.25) is 0 Å². The highest BCUT2D eigenvalue weighted by Gasteiger charge is 2.28. The van der Waals surface area contributed by atoms with Crippen LogP contribution in [0.15, 0.2) is 33.3 Å². The molecule has 0 saturated heterocycles. The molecule has 0 unspecified atom stereocenters. The molecule has 1 heterocycles. The summed E-state index contributed by atoms with van der Waals surface area (Å²) in [5.41, 5.74) is 1.38. The second kappa shape index (κ2) is 7.82. The summed E-state index contributed by atoms with van der Waals surface area (Å²) in [7, 11) is 0. The van der Waals surface area contributed by atoms with E-state index in [0.717, 1.165) is 31.4 Å². The van der Waals surface area contributed by atoms with Gasteiger partial charge in [-0.1, -0.05) is 18.5 Å². The number of nitrogens with one attached hydrogen (secondary N) is 2. The molecule has 1 aliphatic carbocycles. The van der Waals surface area contributed by atoms with Crippen molar-refractivity contribution >= 4 is 33.4 Å². The largest absolute Gasteiger partial charge is 0.360 e. The van der Waals surface area contributed by atoms with Gasteiger partial charge in [-0.2, -0.15) is 0 Å². The summed E-state index contributed by atoms with van der Waals surface area (Å²) in [5, 5.41) is 9.45. The highest BCUT2D eigenvalue weighted by molar-refractivity contribution is 9.10. The van der Waals surface area contributed by atoms with Gasteiger partial charge in [0.1, 0.15) is 5.76 Å². The Morgan fingerprint density at radius 1 is 1.28 bits per heavy atom. The summed E-state index contributed by atoms with van der Waals surface area (Å²) in [6.07, 6.45) is 4.14. The smallest absolute Gasteiger partial charge is 0.277 e. The highest BCUT2D eigenvalue weighted by Crippen LogP contribution is 2.40. The fraction of sp³-hybridized carbons (Fsp3) is 0.389. The van der Waals surface area contributed by atoms with Gasteiger partial charge in [0.05, 0.1) is 5.56 Å². The van der Waals surface area contributed by atoms with E-state index in [-0.39, 0.29) is 17.5 Å². The van der Waals surface area contributed by atoms with Crippen molar-refractivity contribution in [2.45, 2.75) is 38.5 Å². The van der Waals surface area contributed by atoms with Gasteiger partial charge in [0.15, 0.2) is 5.69 Å². The van der Waals surface area contributed by atoms with Crippen LogP contribution in [-0.2, 0) is 0 Å². The summed E-state index contributed by atoms with van der Waals surface area (Å²) < 4.78 is 5.82. The zero-order valence-electron chi connectivity index (χ0n) is 14.0. The Morgan fingerprint density at radius 2 is 2.08 bits per heavy atom. The molecule has 0 spiro atoms. The number of rotatable bonds is 7. The Hall–Kier alpha value is -2.15. The van der Waals surface area contributed by atoms with E-state index in [1.165, 1.54) is 0 Å². The van der Waals surface area contributed by atoms with Gasteiger partial charge in [-0.15, -0.1) is 0 Å². The lowest BCUT2D eigenvalue weighted by atomic mass is 10.2. The fourth-order valence-corrected chi connectivity index (χ4v) is 2.96. The maximum Gasteiger partial charge on any atom is 0.277 e. The summed E-state index contributed by atoms with van der Waals surface area (Å²) in [6.45, 7) is 2.72. The third kappa shape index (κ3) is 4.48. The number of benzene rings is 1. The molecule has 132 valence electrons. The van der Waals surface area contributed by atoms with Crippen molar-refractivity contribution in [3.8, 4) is 0 Å². The molecule has 6 nitrogen and oxygen atoms in total. The summed E-state index contributed by atoms with van der Waals surface area (Å²) in [4.78, 5) is 24.4. The number of unbranched alkanes of at least 4 members (excludes halogenated alkanes) is 1. The first-order chi connectivity index (χ1) is 12.1. The van der Waals surface area contributed by atoms with Gasteiger partial charge < -0.3 is 15.2 Å². The van der Waals surface area contributed by atoms with E-state index in [0.29, 0.717) is 28.2 Å². The maximum atomic E-state index is 12.2. The molecule has 2 aromatic rings. The Bertz CT molecular complexity index is 784. The molecular formula is C18H20BrN3O3. The first-order valence-electron chi connectivity index (χ1n) is 8.44. The van der Waals surface area contributed by atoms with E-state index in [1.54, 1.807) is 24.3 Å². The number of nitrogens with zero attached hydrogens (tertiary/aromatic N) is 1. The van der Waals surface area contributed by atoms with Gasteiger partial charge in [0.2, 0.25) is 0 Å². The molecular weight excluding hydrogens is 386 g/mol. The minimum Gasteiger partial charge on any atom is -0.360 e. The number of anilines is 1. The normalized spacial score (nSPS) is 13.5. The highest BCUT2D eigenvalue weighted by atomic mass is 79.9. The Balaban J connectivity index is 1.63. The van der Waals surface area contributed by atoms with E-state index in [4.69, 9.17) is 4.52 Å². The SMILES string of the molecule is CCCCNC(=O)c1ccc(NC(=O)c2cc(C3CC3)on2)cc1Br. The molecule has 7 heteroatoms. The van der Waals surface area contributed by atoms with Gasteiger partial charge in [0, 0.05) is 28.7 Å². The van der Waals surface area contributed by atoms with E-state index in [2.05, 4.69) is 38.6 Å². The summed E-state index contributed by atoms with van der Waals surface area (Å²) in [5.74, 6) is 0.714. The minimum absolute atomic E-state index is 0.135. The number of hydrogen-bond acceptors (Lipinski definition) is 4. The van der Waals surface area contributed by atoms with Gasteiger partial charge in [-0.05, 0) is 53.4 Å². The van der Waals surface area contributed by atoms with Gasteiger partial charge in [0.25, 0.3) is 11.8 Å². The molecule has 3 rings (SSSR count). The number of hydrogen-bond donors (Lipinski definition) is 2. The lowest BCUT2D eigenvalue weighted by Crippen LogP contribution is -2.24. The third-order valence-corrected chi connectivity index (χ3v) is 4.68. The minimum atomic E-state index is -0.331. The molecule has 0 radical (unpaired) electrons. The second-order valence-corrected chi connectivity index (χ2v) is 7.00. The Morgan fingerprint density at radius 3 is 2.76 bits per heavy atom. The zero-order valence-corrected chi connectivity index (χ0v) is 15.6. The van der Waals surface area contributed by atoms with Crippen molar-refractivity contribution < 1.29 is 14.1 Å². The molecule has 1 aromatic heterocycles. The number of carbonyl (C=O) groups is 2. The molecule has 0 bridgehead atoms. The van der Waals surface area contributed by atoms with Crippen molar-refractivity contribution in [2.24, 2.45) is 0 Å². The molecule has 0 atom stereocenters. The van der Waals surface area contributed by atoms with Gasteiger partial charge >= 0.3 is 0 Å². The lowest BCUT2D eigenvalue weighted by molar-refractivity contribution is 0.0951. The quantitative estimate of drug-likeness (QED) is 0.679. The van der Waals surface area contributed by atoms with Crippen LogP contribution in [0.5, 0.6) is 0 Å². The number of amides is 2. The third-order valence-electron chi connectivity index (χ3n) is 4.03. The van der Waals surface area contributed by atoms with Crippen LogP contribution in [-0.4, -0.2) is 23.5 Å². The molecule has 2 N–H and O–H groups in total. The van der Waals surface area contributed by atoms with E-state index >= 15 is 0 Å². The standard InChI is InChI=1S/C18H20BrN3O3/c1-2-3-8-20-17(23)13-7-6-12(9-14(13)19)21-18(24)15-10-16(25-22-15)11-4-5-11/h6-7,9-11H,2-5,8H2,1H3,(H,20,23)(H,21,24). The first kappa shape index (κ1) is 17.7. The van der Waals surface area contributed by atoms with Crippen LogP contribution >= 0.6 is 15.9 Å². The van der Waals surface area contributed by atoms with Gasteiger partial charge in [-0.3, -0.25) is 9.59 Å². The lowest BCUT2D eigenvalue weighted by Gasteiger charge is -2.09. The Labute approximate surface area is 154 Å². The summed E-state index contributed by atoms with van der Waals surface area (Å²) in [6, 6.07) is 6.77. The molecule has 1 aliphatic rings. The predicted octanol–water partition coefficient (Wildman–Crippen LogP) is 4.10. The van der Waals surface area contributed by atoms with E-state index in [1.807, 2.05) is 0 Å². The van der Waals surface area contributed by atoms with E-state index < -0.39 is 0 Å². The van der Waals surface area contributed by atoms with Crippen LogP contribution in [0.1, 0.15) is 65.1 Å². The number of halogens is 1. The fourth-order valence-electron chi connectivity index (χ4n) is 2.40. The van der Waals surface area contributed by atoms with E-state index in [9.17, 15) is 9.59 Å². The predicted molar refractivity (Wildman–Crippen MR) is 97.8 cm³/mol. The van der Waals surface area contributed by atoms with Gasteiger partial charge in [-0.25, -0.2) is 0 Å². The molecule has 1 saturated carbocycles. The van der Waals surface area contributed by atoms with Crippen LogP contribution in [0.4, 0.5) is 5.69 Å². The molecule has 0 aliphatic heterocycles. The van der Waals surface area contributed by atoms with Crippen molar-refractivity contribution in [2.75, 3.05) is 11.9 Å². The molecule has 1 fully saturated rings. The van der Waals surface area contributed by atoms with Crippen LogP contribution in [0.25, 0.3) is 0 Å². The average molecular weight is 406 g/mol. The number of carbonyl (C=O) groups excluding carboxylic acids is 2. The van der Waals surface area contributed by atoms with Crippen molar-refractivity contribution in [3.63, 3.8) is 0 Å². The first-order valence-corrected chi connectivity index (χ1v) is 9.23. The average Bonchev–Trinajstić information content (AvgIpc) is 3.32. The van der Waals surface area contributed by atoms with Crippen LogP contribution < -0.4 is 10.6 Å². The topological polar surface area (TPSA) is 84.2 Å². The molecule has 2 amide bonds. The molecule has 25 heavy (non-hydrogen) atoms.